The Morgan fingerprint density at radius 2 is 2.25 bits per heavy atom. The molecule has 0 spiro atoms. The van der Waals surface area contributed by atoms with Crippen molar-refractivity contribution < 1.29 is 19.4 Å². The molecule has 0 fully saturated rings. The zero-order valence-electron chi connectivity index (χ0n) is 14.4. The number of carboxylic acid groups (broad SMARTS) is 1. The van der Waals surface area contributed by atoms with Gasteiger partial charge < -0.3 is 14.6 Å². The van der Waals surface area contributed by atoms with Gasteiger partial charge in [-0.25, -0.2) is 4.79 Å². The van der Waals surface area contributed by atoms with Gasteiger partial charge in [-0.3, -0.25) is 0 Å². The predicted molar refractivity (Wildman–Crippen MR) is 93.5 cm³/mol. The molecule has 4 nitrogen and oxygen atoms in total. The number of aliphatic hydroxyl groups excluding tert-OH is 1. The third kappa shape index (κ3) is 4.26. The van der Waals surface area contributed by atoms with Crippen molar-refractivity contribution in [3.63, 3.8) is 0 Å². The maximum absolute atomic E-state index is 11.3. The Morgan fingerprint density at radius 3 is 2.88 bits per heavy atom. The van der Waals surface area contributed by atoms with Gasteiger partial charge in [-0.15, -0.1) is 0 Å². The van der Waals surface area contributed by atoms with Crippen LogP contribution in [0.15, 0.2) is 59.0 Å². The average molecular weight is 330 g/mol. The molecule has 0 radical (unpaired) electrons. The zero-order valence-corrected chi connectivity index (χ0v) is 14.4. The number of rotatable bonds is 4. The Labute approximate surface area is 143 Å². The number of furan rings is 1. The number of aryl methyl sites for hydroxylation is 1. The van der Waals surface area contributed by atoms with Crippen molar-refractivity contribution in [2.24, 2.45) is 11.3 Å². The standard InChI is InChI=1S/C20H26O4/c1-14-12-18(21)15(2)20(3,10-7-16-8-11-24-13-16)9-5-4-6-17(14)19(22)23/h4-6,8,11,13,15,18,21H,1,7,9-10,12H2,2-3H3,(H,22,23)/t15-,18-,20+/m1/s1. The summed E-state index contributed by atoms with van der Waals surface area (Å²) in [5.74, 6) is -0.994. The first-order valence-electron chi connectivity index (χ1n) is 8.31. The lowest BCUT2D eigenvalue weighted by Gasteiger charge is -2.38. The molecule has 3 atom stereocenters. The van der Waals surface area contributed by atoms with Crippen LogP contribution in [0, 0.1) is 11.3 Å². The topological polar surface area (TPSA) is 70.7 Å². The number of aliphatic hydroxyl groups is 1. The van der Waals surface area contributed by atoms with Crippen molar-refractivity contribution >= 4 is 5.97 Å². The van der Waals surface area contributed by atoms with Crippen LogP contribution in [0.1, 0.15) is 38.7 Å². The Kier molecular flexibility index (Phi) is 5.84. The van der Waals surface area contributed by atoms with Gasteiger partial charge in [-0.05, 0) is 60.3 Å². The molecule has 0 bridgehead atoms. The second kappa shape index (κ2) is 7.67. The Morgan fingerprint density at radius 1 is 1.50 bits per heavy atom. The zero-order chi connectivity index (χ0) is 17.7. The fraction of sp³-hybridized carbons (Fsp3) is 0.450. The van der Waals surface area contributed by atoms with Crippen LogP contribution in [0.2, 0.25) is 0 Å². The molecule has 1 heterocycles. The first-order chi connectivity index (χ1) is 11.3. The Balaban J connectivity index is 2.22. The van der Waals surface area contributed by atoms with E-state index in [4.69, 9.17) is 4.42 Å². The minimum Gasteiger partial charge on any atom is -0.478 e. The van der Waals surface area contributed by atoms with Gasteiger partial charge in [0.1, 0.15) is 0 Å². The van der Waals surface area contributed by atoms with Gasteiger partial charge >= 0.3 is 5.97 Å². The van der Waals surface area contributed by atoms with Crippen molar-refractivity contribution in [1.29, 1.82) is 0 Å². The highest BCUT2D eigenvalue weighted by Crippen LogP contribution is 2.40. The van der Waals surface area contributed by atoms with Gasteiger partial charge in [0.05, 0.1) is 24.2 Å². The van der Waals surface area contributed by atoms with Crippen molar-refractivity contribution in [2.75, 3.05) is 0 Å². The summed E-state index contributed by atoms with van der Waals surface area (Å²) in [6, 6.07) is 1.96. The van der Waals surface area contributed by atoms with Crippen LogP contribution in [0.5, 0.6) is 0 Å². The van der Waals surface area contributed by atoms with E-state index < -0.39 is 12.1 Å². The fourth-order valence-electron chi connectivity index (χ4n) is 3.23. The summed E-state index contributed by atoms with van der Waals surface area (Å²) in [7, 11) is 0. The third-order valence-corrected chi connectivity index (χ3v) is 5.29. The SMILES string of the molecule is C=C1C[C@@H](O)[C@@H](C)[C@](C)(CCc2ccoc2)CC=CC=C1C(=O)O. The minimum absolute atomic E-state index is 0.0129. The van der Waals surface area contributed by atoms with E-state index in [1.54, 1.807) is 24.7 Å². The molecule has 1 aliphatic rings. The van der Waals surface area contributed by atoms with Gasteiger partial charge in [0.25, 0.3) is 0 Å². The van der Waals surface area contributed by atoms with Crippen LogP contribution in [0.4, 0.5) is 0 Å². The van der Waals surface area contributed by atoms with Crippen LogP contribution in [0.25, 0.3) is 0 Å². The molecule has 1 aliphatic carbocycles. The first kappa shape index (κ1) is 18.3. The average Bonchev–Trinajstić information content (AvgIpc) is 3.04. The first-order valence-corrected chi connectivity index (χ1v) is 8.31. The fourth-order valence-corrected chi connectivity index (χ4v) is 3.23. The lowest BCUT2D eigenvalue weighted by Crippen LogP contribution is -2.35. The molecular weight excluding hydrogens is 304 g/mol. The summed E-state index contributed by atoms with van der Waals surface area (Å²) in [5.41, 5.74) is 1.68. The summed E-state index contributed by atoms with van der Waals surface area (Å²) in [5, 5.41) is 19.9. The van der Waals surface area contributed by atoms with E-state index in [0.717, 1.165) is 24.8 Å². The lowest BCUT2D eigenvalue weighted by atomic mass is 9.68. The second-order valence-electron chi connectivity index (χ2n) is 6.97. The van der Waals surface area contributed by atoms with E-state index in [0.29, 0.717) is 5.57 Å². The van der Waals surface area contributed by atoms with E-state index in [9.17, 15) is 15.0 Å². The Hall–Kier alpha value is -2.07. The molecule has 0 aromatic carbocycles. The van der Waals surface area contributed by atoms with Crippen LogP contribution in [-0.4, -0.2) is 22.3 Å². The molecule has 0 amide bonds. The highest BCUT2D eigenvalue weighted by atomic mass is 16.4. The molecule has 0 aliphatic heterocycles. The van der Waals surface area contributed by atoms with Crippen LogP contribution < -0.4 is 0 Å². The molecule has 1 aromatic heterocycles. The van der Waals surface area contributed by atoms with E-state index in [1.165, 1.54) is 0 Å². The number of carbonyl (C=O) groups is 1. The number of hydrogen-bond acceptors (Lipinski definition) is 3. The summed E-state index contributed by atoms with van der Waals surface area (Å²) >= 11 is 0. The molecule has 24 heavy (non-hydrogen) atoms. The van der Waals surface area contributed by atoms with Crippen molar-refractivity contribution in [1.82, 2.24) is 0 Å². The second-order valence-corrected chi connectivity index (χ2v) is 6.97. The molecule has 1 aromatic rings. The van der Waals surface area contributed by atoms with E-state index in [2.05, 4.69) is 13.5 Å². The van der Waals surface area contributed by atoms with E-state index in [-0.39, 0.29) is 23.3 Å². The van der Waals surface area contributed by atoms with Gasteiger partial charge in [-0.2, -0.15) is 0 Å². The maximum atomic E-state index is 11.3. The molecule has 0 saturated carbocycles. The summed E-state index contributed by atoms with van der Waals surface area (Å²) in [6.07, 6.45) is 11.0. The molecule has 130 valence electrons. The third-order valence-electron chi connectivity index (χ3n) is 5.29. The number of aliphatic carboxylic acids is 1. The lowest BCUT2D eigenvalue weighted by molar-refractivity contribution is -0.132. The molecule has 4 heteroatoms. The summed E-state index contributed by atoms with van der Waals surface area (Å²) in [6.45, 7) is 8.07. The number of allylic oxidation sites excluding steroid dienone is 3. The van der Waals surface area contributed by atoms with Crippen molar-refractivity contribution in [3.8, 4) is 0 Å². The molecule has 0 unspecified atom stereocenters. The highest BCUT2D eigenvalue weighted by molar-refractivity contribution is 5.91. The smallest absolute Gasteiger partial charge is 0.335 e. The van der Waals surface area contributed by atoms with Gasteiger partial charge in [0.15, 0.2) is 0 Å². The largest absolute Gasteiger partial charge is 0.478 e. The quantitative estimate of drug-likeness (QED) is 0.870. The van der Waals surface area contributed by atoms with E-state index in [1.807, 2.05) is 19.1 Å². The maximum Gasteiger partial charge on any atom is 0.335 e. The summed E-state index contributed by atoms with van der Waals surface area (Å²) < 4.78 is 5.13. The monoisotopic (exact) mass is 330 g/mol. The van der Waals surface area contributed by atoms with Gasteiger partial charge in [-0.1, -0.05) is 32.6 Å². The molecule has 0 saturated heterocycles. The predicted octanol–water partition coefficient (Wildman–Crippen LogP) is 4.13. The minimum atomic E-state index is -1.01. The van der Waals surface area contributed by atoms with Crippen molar-refractivity contribution in [3.05, 3.63) is 60.1 Å². The number of carboxylic acids is 1. The van der Waals surface area contributed by atoms with Gasteiger partial charge in [0.2, 0.25) is 0 Å². The van der Waals surface area contributed by atoms with Crippen LogP contribution in [-0.2, 0) is 11.2 Å². The summed E-state index contributed by atoms with van der Waals surface area (Å²) in [4.78, 5) is 11.3. The molecule has 2 rings (SSSR count). The van der Waals surface area contributed by atoms with E-state index >= 15 is 0 Å². The normalized spacial score (nSPS) is 28.5. The van der Waals surface area contributed by atoms with Crippen molar-refractivity contribution in [2.45, 2.75) is 45.6 Å². The Bertz CT molecular complexity index is 639. The van der Waals surface area contributed by atoms with Gasteiger partial charge in [0, 0.05) is 0 Å². The highest BCUT2D eigenvalue weighted by Gasteiger charge is 2.35. The van der Waals surface area contributed by atoms with Crippen LogP contribution >= 0.6 is 0 Å². The van der Waals surface area contributed by atoms with Crippen LogP contribution in [0.3, 0.4) is 0 Å². The molecule has 2 N–H and O–H groups in total. The molecular formula is C20H26O4. The number of hydrogen-bond donors (Lipinski definition) is 2.